The lowest BCUT2D eigenvalue weighted by Gasteiger charge is -2.38. The van der Waals surface area contributed by atoms with Gasteiger partial charge in [0.1, 0.15) is 5.54 Å². The number of piperazine rings is 1. The van der Waals surface area contributed by atoms with Crippen LogP contribution in [0.25, 0.3) is 0 Å². The Labute approximate surface area is 85.5 Å². The van der Waals surface area contributed by atoms with Gasteiger partial charge >= 0.3 is 0 Å². The predicted molar refractivity (Wildman–Crippen MR) is 54.9 cm³/mol. The van der Waals surface area contributed by atoms with Gasteiger partial charge < -0.3 is 10.2 Å². The van der Waals surface area contributed by atoms with Gasteiger partial charge in [-0.15, -0.1) is 0 Å². The Balaban J connectivity index is 2.08. The topological polar surface area (TPSA) is 42.3 Å². The van der Waals surface area contributed by atoms with E-state index in [9.17, 15) is 5.26 Å². The molecule has 4 nitrogen and oxygen atoms in total. The zero-order valence-electron chi connectivity index (χ0n) is 8.79. The maximum atomic E-state index is 9.35. The molecule has 0 saturated carbocycles. The molecule has 2 saturated heterocycles. The summed E-state index contributed by atoms with van der Waals surface area (Å²) in [5.41, 5.74) is -0.198. The molecule has 78 valence electrons. The van der Waals surface area contributed by atoms with Crippen LogP contribution < -0.4 is 5.32 Å². The third-order valence-corrected chi connectivity index (χ3v) is 3.37. The molecule has 4 heteroatoms. The Morgan fingerprint density at radius 3 is 2.50 bits per heavy atom. The van der Waals surface area contributed by atoms with E-state index >= 15 is 0 Å². The number of nitriles is 1. The largest absolute Gasteiger partial charge is 0.314 e. The van der Waals surface area contributed by atoms with Crippen molar-refractivity contribution in [3.8, 4) is 6.07 Å². The Bertz CT molecular complexity index is 241. The summed E-state index contributed by atoms with van der Waals surface area (Å²) >= 11 is 0. The van der Waals surface area contributed by atoms with Gasteiger partial charge in [-0.05, 0) is 13.5 Å². The lowest BCUT2D eigenvalue weighted by Crippen LogP contribution is -2.56. The fraction of sp³-hybridized carbons (Fsp3) is 0.900. The Kier molecular flexibility index (Phi) is 2.73. The van der Waals surface area contributed by atoms with Crippen molar-refractivity contribution >= 4 is 0 Å². The lowest BCUT2D eigenvalue weighted by atomic mass is 9.97. The fourth-order valence-corrected chi connectivity index (χ4v) is 2.49. The summed E-state index contributed by atoms with van der Waals surface area (Å²) in [6.45, 7) is 6.03. The molecule has 0 aromatic heterocycles. The molecular weight excluding hydrogens is 176 g/mol. The highest BCUT2D eigenvalue weighted by molar-refractivity contribution is 5.14. The van der Waals surface area contributed by atoms with Crippen LogP contribution >= 0.6 is 0 Å². The van der Waals surface area contributed by atoms with E-state index in [0.717, 1.165) is 45.7 Å². The van der Waals surface area contributed by atoms with Crippen molar-refractivity contribution in [1.82, 2.24) is 15.1 Å². The zero-order chi connectivity index (χ0) is 10.0. The summed E-state index contributed by atoms with van der Waals surface area (Å²) in [7, 11) is 2.10. The van der Waals surface area contributed by atoms with Gasteiger partial charge in [0.25, 0.3) is 0 Å². The number of likely N-dealkylation sites (tertiary alicyclic amines) is 1. The standard InChI is InChI=1S/C10H18N4/c1-13-5-2-10(8-11,9-13)14-6-3-12-4-7-14/h12H,2-7,9H2,1H3. The minimum Gasteiger partial charge on any atom is -0.314 e. The van der Waals surface area contributed by atoms with Crippen LogP contribution in [0.1, 0.15) is 6.42 Å². The second-order valence-corrected chi connectivity index (χ2v) is 4.37. The number of hydrogen-bond acceptors (Lipinski definition) is 4. The molecule has 2 heterocycles. The van der Waals surface area contributed by atoms with Gasteiger partial charge in [-0.2, -0.15) is 5.26 Å². The van der Waals surface area contributed by atoms with E-state index in [0.29, 0.717) is 0 Å². The van der Waals surface area contributed by atoms with Crippen molar-refractivity contribution in [2.45, 2.75) is 12.0 Å². The van der Waals surface area contributed by atoms with Crippen LogP contribution in [0.15, 0.2) is 0 Å². The number of likely N-dealkylation sites (N-methyl/N-ethyl adjacent to an activating group) is 1. The van der Waals surface area contributed by atoms with Crippen molar-refractivity contribution in [3.63, 3.8) is 0 Å². The van der Waals surface area contributed by atoms with Crippen molar-refractivity contribution in [2.24, 2.45) is 0 Å². The van der Waals surface area contributed by atoms with E-state index < -0.39 is 0 Å². The van der Waals surface area contributed by atoms with Crippen molar-refractivity contribution in [1.29, 1.82) is 5.26 Å². The van der Waals surface area contributed by atoms with Gasteiger partial charge in [0, 0.05) is 39.3 Å². The molecule has 0 aromatic rings. The van der Waals surface area contributed by atoms with E-state index in [1.54, 1.807) is 0 Å². The molecule has 1 unspecified atom stereocenters. The highest BCUT2D eigenvalue weighted by Crippen LogP contribution is 2.26. The molecule has 0 spiro atoms. The van der Waals surface area contributed by atoms with Crippen molar-refractivity contribution in [3.05, 3.63) is 0 Å². The first kappa shape index (κ1) is 9.91. The number of hydrogen-bond donors (Lipinski definition) is 1. The van der Waals surface area contributed by atoms with Gasteiger partial charge in [0.05, 0.1) is 6.07 Å². The monoisotopic (exact) mass is 194 g/mol. The Morgan fingerprint density at radius 1 is 1.29 bits per heavy atom. The first-order chi connectivity index (χ1) is 6.77. The van der Waals surface area contributed by atoms with Crippen LogP contribution in [-0.4, -0.2) is 61.7 Å². The first-order valence-corrected chi connectivity index (χ1v) is 5.32. The molecule has 2 rings (SSSR count). The molecule has 0 amide bonds. The molecule has 1 N–H and O–H groups in total. The van der Waals surface area contributed by atoms with Gasteiger partial charge in [-0.25, -0.2) is 0 Å². The number of rotatable bonds is 1. The smallest absolute Gasteiger partial charge is 0.123 e. The predicted octanol–water partition coefficient (Wildman–Crippen LogP) is -0.511. The molecule has 0 aliphatic carbocycles. The van der Waals surface area contributed by atoms with Gasteiger partial charge in [0.2, 0.25) is 0 Å². The van der Waals surface area contributed by atoms with Crippen LogP contribution in [0.2, 0.25) is 0 Å². The van der Waals surface area contributed by atoms with Crippen LogP contribution in [0.4, 0.5) is 0 Å². The summed E-state index contributed by atoms with van der Waals surface area (Å²) < 4.78 is 0. The molecule has 0 aromatic carbocycles. The summed E-state index contributed by atoms with van der Waals surface area (Å²) in [4.78, 5) is 4.61. The minimum atomic E-state index is -0.198. The van der Waals surface area contributed by atoms with E-state index in [2.05, 4.69) is 28.2 Å². The van der Waals surface area contributed by atoms with E-state index in [-0.39, 0.29) is 5.54 Å². The summed E-state index contributed by atoms with van der Waals surface area (Å²) in [6, 6.07) is 2.53. The van der Waals surface area contributed by atoms with Crippen LogP contribution in [0, 0.1) is 11.3 Å². The van der Waals surface area contributed by atoms with E-state index in [4.69, 9.17) is 0 Å². The molecule has 1 atom stereocenters. The van der Waals surface area contributed by atoms with Gasteiger partial charge in [0.15, 0.2) is 0 Å². The van der Waals surface area contributed by atoms with Crippen molar-refractivity contribution in [2.75, 3.05) is 46.3 Å². The quantitative estimate of drug-likeness (QED) is 0.610. The molecule has 2 aliphatic heterocycles. The zero-order valence-corrected chi connectivity index (χ0v) is 8.79. The molecule has 2 aliphatic rings. The summed E-state index contributed by atoms with van der Waals surface area (Å²) in [5, 5.41) is 12.7. The first-order valence-electron chi connectivity index (χ1n) is 5.32. The number of nitrogens with one attached hydrogen (secondary N) is 1. The van der Waals surface area contributed by atoms with Gasteiger partial charge in [-0.3, -0.25) is 4.90 Å². The second kappa shape index (κ2) is 3.85. The highest BCUT2D eigenvalue weighted by atomic mass is 15.3. The van der Waals surface area contributed by atoms with E-state index in [1.165, 1.54) is 0 Å². The van der Waals surface area contributed by atoms with Crippen LogP contribution in [0.5, 0.6) is 0 Å². The molecule has 0 radical (unpaired) electrons. The lowest BCUT2D eigenvalue weighted by molar-refractivity contribution is 0.125. The number of nitrogens with zero attached hydrogens (tertiary/aromatic N) is 3. The minimum absolute atomic E-state index is 0.198. The fourth-order valence-electron chi connectivity index (χ4n) is 2.49. The van der Waals surface area contributed by atoms with Crippen LogP contribution in [0.3, 0.4) is 0 Å². The third kappa shape index (κ3) is 1.63. The third-order valence-electron chi connectivity index (χ3n) is 3.37. The van der Waals surface area contributed by atoms with Crippen LogP contribution in [-0.2, 0) is 0 Å². The summed E-state index contributed by atoms with van der Waals surface area (Å²) in [6.07, 6.45) is 1.00. The molecule has 14 heavy (non-hydrogen) atoms. The molecular formula is C10H18N4. The average Bonchev–Trinajstić information content (AvgIpc) is 2.63. The summed E-state index contributed by atoms with van der Waals surface area (Å²) in [5.74, 6) is 0. The van der Waals surface area contributed by atoms with Gasteiger partial charge in [-0.1, -0.05) is 0 Å². The molecule has 2 fully saturated rings. The van der Waals surface area contributed by atoms with Crippen molar-refractivity contribution < 1.29 is 0 Å². The maximum absolute atomic E-state index is 9.35. The normalized spacial score (nSPS) is 35.7. The maximum Gasteiger partial charge on any atom is 0.123 e. The van der Waals surface area contributed by atoms with E-state index in [1.807, 2.05) is 0 Å². The Morgan fingerprint density at radius 2 is 2.00 bits per heavy atom. The molecule has 0 bridgehead atoms. The Hall–Kier alpha value is -0.630. The second-order valence-electron chi connectivity index (χ2n) is 4.37. The average molecular weight is 194 g/mol. The highest BCUT2D eigenvalue weighted by Gasteiger charge is 2.42. The SMILES string of the molecule is CN1CCC(C#N)(N2CCNCC2)C1.